The maximum Gasteiger partial charge on any atom is 0.277 e. The molecule has 184 valence electrons. The van der Waals surface area contributed by atoms with Crippen molar-refractivity contribution >= 4 is 29.3 Å². The number of aryl methyl sites for hydroxylation is 2. The minimum atomic E-state index is -0.685. The number of benzene rings is 2. The fourth-order valence-electron chi connectivity index (χ4n) is 4.68. The van der Waals surface area contributed by atoms with Crippen molar-refractivity contribution < 1.29 is 23.9 Å². The molecule has 5 rings (SSSR count). The molecule has 0 aliphatic carbocycles. The Labute approximate surface area is 206 Å². The molecule has 1 atom stereocenters. The van der Waals surface area contributed by atoms with E-state index in [2.05, 4.69) is 20.9 Å². The lowest BCUT2D eigenvalue weighted by atomic mass is 10.0. The van der Waals surface area contributed by atoms with Crippen LogP contribution in [0.25, 0.3) is 5.69 Å². The van der Waals surface area contributed by atoms with E-state index in [0.717, 1.165) is 16.7 Å². The molecule has 2 aliphatic rings. The summed E-state index contributed by atoms with van der Waals surface area (Å²) in [7, 11) is 1.54. The lowest BCUT2D eigenvalue weighted by Gasteiger charge is -2.29. The number of anilines is 1. The molecule has 0 saturated carbocycles. The Morgan fingerprint density at radius 1 is 1.17 bits per heavy atom. The number of fused-ring (bicyclic) bond motifs is 1. The number of amides is 4. The largest absolute Gasteiger partial charge is 0.494 e. The minimum Gasteiger partial charge on any atom is -0.494 e. The summed E-state index contributed by atoms with van der Waals surface area (Å²) in [6, 6.07) is 8.30. The lowest BCUT2D eigenvalue weighted by Crippen LogP contribution is -2.52. The Morgan fingerprint density at radius 2 is 1.97 bits per heavy atom. The molecule has 36 heavy (non-hydrogen) atoms. The Balaban J connectivity index is 1.35. The molecule has 3 heterocycles. The van der Waals surface area contributed by atoms with Crippen LogP contribution >= 0.6 is 0 Å². The number of hydrogen-bond donors (Lipinski definition) is 2. The summed E-state index contributed by atoms with van der Waals surface area (Å²) in [6.07, 6.45) is 1.97. The molecule has 1 unspecified atom stereocenters. The second-order valence-electron chi connectivity index (χ2n) is 8.91. The predicted octanol–water partition coefficient (Wildman–Crippen LogP) is 1.91. The number of hydrogen-bond acceptors (Lipinski definition) is 7. The van der Waals surface area contributed by atoms with Crippen molar-refractivity contribution in [1.29, 1.82) is 0 Å². The Kier molecular flexibility index (Phi) is 5.75. The van der Waals surface area contributed by atoms with Gasteiger partial charge in [-0.05, 0) is 55.2 Å². The first-order valence-electron chi connectivity index (χ1n) is 11.4. The summed E-state index contributed by atoms with van der Waals surface area (Å²) in [5, 5.41) is 13.2. The zero-order chi connectivity index (χ0) is 25.6. The van der Waals surface area contributed by atoms with Crippen molar-refractivity contribution in [3.63, 3.8) is 0 Å². The number of rotatable bonds is 5. The van der Waals surface area contributed by atoms with Crippen LogP contribution in [0.1, 0.15) is 50.4 Å². The normalized spacial score (nSPS) is 17.1. The van der Waals surface area contributed by atoms with Crippen molar-refractivity contribution in [3.8, 4) is 11.4 Å². The van der Waals surface area contributed by atoms with E-state index >= 15 is 0 Å². The summed E-state index contributed by atoms with van der Waals surface area (Å²) < 4.78 is 6.84. The van der Waals surface area contributed by atoms with Gasteiger partial charge < -0.3 is 15.0 Å². The summed E-state index contributed by atoms with van der Waals surface area (Å²) in [5.41, 5.74) is 4.25. The quantitative estimate of drug-likeness (QED) is 0.524. The smallest absolute Gasteiger partial charge is 0.277 e. The van der Waals surface area contributed by atoms with Gasteiger partial charge in [0.25, 0.3) is 11.8 Å². The summed E-state index contributed by atoms with van der Waals surface area (Å²) >= 11 is 0. The molecule has 1 aromatic heterocycles. The van der Waals surface area contributed by atoms with Crippen molar-refractivity contribution in [1.82, 2.24) is 25.2 Å². The second kappa shape index (κ2) is 8.91. The number of aromatic nitrogens is 3. The molecule has 0 radical (unpaired) electrons. The summed E-state index contributed by atoms with van der Waals surface area (Å²) in [5.74, 6) is -0.962. The number of nitrogens with zero attached hydrogens (tertiary/aromatic N) is 4. The highest BCUT2D eigenvalue weighted by atomic mass is 16.5. The molecule has 3 aromatic rings. The van der Waals surface area contributed by atoms with Crippen LogP contribution in [0.15, 0.2) is 36.5 Å². The van der Waals surface area contributed by atoms with E-state index in [1.165, 1.54) is 15.8 Å². The molecule has 2 aliphatic heterocycles. The van der Waals surface area contributed by atoms with Gasteiger partial charge in [0.15, 0.2) is 5.69 Å². The molecular formula is C25H24N6O5. The molecule has 0 spiro atoms. The second-order valence-corrected chi connectivity index (χ2v) is 8.91. The van der Waals surface area contributed by atoms with E-state index in [1.807, 2.05) is 26.0 Å². The fraction of sp³-hybridized carbons (Fsp3) is 0.280. The van der Waals surface area contributed by atoms with Crippen LogP contribution in [-0.2, 0) is 16.1 Å². The molecule has 1 fully saturated rings. The minimum absolute atomic E-state index is 0.0909. The maximum absolute atomic E-state index is 13.1. The van der Waals surface area contributed by atoms with Gasteiger partial charge in [-0.2, -0.15) is 0 Å². The van der Waals surface area contributed by atoms with E-state index in [9.17, 15) is 19.2 Å². The van der Waals surface area contributed by atoms with Gasteiger partial charge in [0.1, 0.15) is 11.8 Å². The average molecular weight is 489 g/mol. The zero-order valence-corrected chi connectivity index (χ0v) is 20.0. The molecule has 2 aromatic carbocycles. The SMILES string of the molecule is COc1c(C)cc(C)cc1NC(=O)c1cn(-c2ccc3c(c2)C(=O)N(C2CCC(=O)NC2=O)C3)nn1. The highest BCUT2D eigenvalue weighted by Gasteiger charge is 2.39. The van der Waals surface area contributed by atoms with Gasteiger partial charge in [0, 0.05) is 18.5 Å². The predicted molar refractivity (Wildman–Crippen MR) is 128 cm³/mol. The third-order valence-corrected chi connectivity index (χ3v) is 6.37. The van der Waals surface area contributed by atoms with Crippen LogP contribution in [0.5, 0.6) is 5.75 Å². The number of carbonyl (C=O) groups excluding carboxylic acids is 4. The molecule has 1 saturated heterocycles. The Hall–Kier alpha value is -4.54. The third kappa shape index (κ3) is 4.08. The average Bonchev–Trinajstić information content (AvgIpc) is 3.44. The van der Waals surface area contributed by atoms with Crippen LogP contribution < -0.4 is 15.4 Å². The van der Waals surface area contributed by atoms with E-state index in [-0.39, 0.29) is 30.5 Å². The molecule has 11 nitrogen and oxygen atoms in total. The number of ether oxygens (including phenoxy) is 1. The van der Waals surface area contributed by atoms with Crippen molar-refractivity contribution in [2.24, 2.45) is 0 Å². The third-order valence-electron chi connectivity index (χ3n) is 6.37. The van der Waals surface area contributed by atoms with Crippen LogP contribution in [-0.4, -0.2) is 56.7 Å². The number of carbonyl (C=O) groups is 4. The first-order valence-corrected chi connectivity index (χ1v) is 11.4. The fourth-order valence-corrected chi connectivity index (χ4v) is 4.68. The highest BCUT2D eigenvalue weighted by Crippen LogP contribution is 2.31. The van der Waals surface area contributed by atoms with Gasteiger partial charge in [-0.3, -0.25) is 24.5 Å². The van der Waals surface area contributed by atoms with Crippen LogP contribution in [0, 0.1) is 13.8 Å². The number of methoxy groups -OCH3 is 1. The molecular weight excluding hydrogens is 464 g/mol. The van der Waals surface area contributed by atoms with Crippen LogP contribution in [0.4, 0.5) is 5.69 Å². The van der Waals surface area contributed by atoms with Crippen molar-refractivity contribution in [3.05, 3.63) is 64.5 Å². The Morgan fingerprint density at radius 3 is 2.72 bits per heavy atom. The number of piperidine rings is 1. The van der Waals surface area contributed by atoms with E-state index in [0.29, 0.717) is 29.1 Å². The van der Waals surface area contributed by atoms with Crippen LogP contribution in [0.2, 0.25) is 0 Å². The monoisotopic (exact) mass is 488 g/mol. The van der Waals surface area contributed by atoms with Gasteiger partial charge >= 0.3 is 0 Å². The summed E-state index contributed by atoms with van der Waals surface area (Å²) in [4.78, 5) is 51.1. The lowest BCUT2D eigenvalue weighted by molar-refractivity contribution is -0.136. The molecule has 11 heteroatoms. The summed E-state index contributed by atoms with van der Waals surface area (Å²) in [6.45, 7) is 4.10. The van der Waals surface area contributed by atoms with Gasteiger partial charge in [0.05, 0.1) is 24.7 Å². The van der Waals surface area contributed by atoms with E-state index < -0.39 is 17.9 Å². The molecule has 2 N–H and O–H groups in total. The van der Waals surface area contributed by atoms with Gasteiger partial charge in [-0.25, -0.2) is 4.68 Å². The van der Waals surface area contributed by atoms with E-state index in [4.69, 9.17) is 4.74 Å². The van der Waals surface area contributed by atoms with Gasteiger partial charge in [-0.15, -0.1) is 5.10 Å². The van der Waals surface area contributed by atoms with Crippen molar-refractivity contribution in [2.75, 3.05) is 12.4 Å². The molecule has 0 bridgehead atoms. The first-order chi connectivity index (χ1) is 17.2. The first kappa shape index (κ1) is 23.2. The molecule has 4 amide bonds. The number of nitrogens with one attached hydrogen (secondary N) is 2. The van der Waals surface area contributed by atoms with E-state index in [1.54, 1.807) is 25.3 Å². The van der Waals surface area contributed by atoms with Gasteiger partial charge in [-0.1, -0.05) is 17.3 Å². The topological polar surface area (TPSA) is 136 Å². The standard InChI is InChI=1S/C25H24N6O5/c1-13-8-14(2)22(36-3)18(9-13)26-23(33)19-12-31(29-28-19)16-5-4-15-11-30(25(35)17(15)10-16)20-6-7-21(32)27-24(20)34/h4-5,8-10,12,20H,6-7,11H2,1-3H3,(H,26,33)(H,27,32,34). The Bertz CT molecular complexity index is 1430. The zero-order valence-electron chi connectivity index (χ0n) is 20.0. The number of imide groups is 1. The van der Waals surface area contributed by atoms with Crippen LogP contribution in [0.3, 0.4) is 0 Å². The van der Waals surface area contributed by atoms with Crippen molar-refractivity contribution in [2.45, 2.75) is 39.3 Å². The van der Waals surface area contributed by atoms with Gasteiger partial charge in [0.2, 0.25) is 11.8 Å². The maximum atomic E-state index is 13.1. The highest BCUT2D eigenvalue weighted by molar-refractivity contribution is 6.06.